The fraction of sp³-hybridized carbons (Fsp3) is 0.167. The van der Waals surface area contributed by atoms with E-state index in [1.165, 1.54) is 6.07 Å². The summed E-state index contributed by atoms with van der Waals surface area (Å²) >= 11 is 0. The van der Waals surface area contributed by atoms with Crippen LogP contribution in [0.1, 0.15) is 29.8 Å². The smallest absolute Gasteiger partial charge is 0.338 e. The second-order valence-electron chi connectivity index (χ2n) is 7.02. The van der Waals surface area contributed by atoms with Gasteiger partial charge < -0.3 is 13.9 Å². The average Bonchev–Trinajstić information content (AvgIpc) is 2.71. The minimum Gasteiger partial charge on any atom is -0.491 e. The van der Waals surface area contributed by atoms with E-state index in [2.05, 4.69) is 0 Å². The SMILES string of the molecule is CC(C)Oc1ccc(C(=O)OCc2cc(=O)oc3ccc4ccccc4c23)cc1. The van der Waals surface area contributed by atoms with Gasteiger partial charge in [-0.1, -0.05) is 30.3 Å². The van der Waals surface area contributed by atoms with Gasteiger partial charge in [-0.15, -0.1) is 0 Å². The van der Waals surface area contributed by atoms with Crippen molar-refractivity contribution in [3.8, 4) is 5.75 Å². The van der Waals surface area contributed by atoms with Gasteiger partial charge in [-0.25, -0.2) is 9.59 Å². The van der Waals surface area contributed by atoms with Crippen molar-refractivity contribution in [2.75, 3.05) is 0 Å². The van der Waals surface area contributed by atoms with Crippen molar-refractivity contribution in [1.82, 2.24) is 0 Å². The zero-order valence-corrected chi connectivity index (χ0v) is 16.2. The molecule has 4 aromatic rings. The fourth-order valence-electron chi connectivity index (χ4n) is 3.30. The van der Waals surface area contributed by atoms with Gasteiger partial charge in [-0.2, -0.15) is 0 Å². The van der Waals surface area contributed by atoms with Gasteiger partial charge in [0, 0.05) is 17.0 Å². The first kappa shape index (κ1) is 18.7. The first-order valence-electron chi connectivity index (χ1n) is 9.39. The molecule has 0 radical (unpaired) electrons. The van der Waals surface area contributed by atoms with Crippen LogP contribution in [-0.4, -0.2) is 12.1 Å². The van der Waals surface area contributed by atoms with Crippen LogP contribution in [-0.2, 0) is 11.3 Å². The van der Waals surface area contributed by atoms with E-state index in [9.17, 15) is 9.59 Å². The summed E-state index contributed by atoms with van der Waals surface area (Å²) in [5.74, 6) is 0.220. The fourth-order valence-corrected chi connectivity index (χ4v) is 3.30. The Kier molecular flexibility index (Phi) is 5.04. The van der Waals surface area contributed by atoms with Crippen molar-refractivity contribution < 1.29 is 18.7 Å². The molecule has 0 amide bonds. The summed E-state index contributed by atoms with van der Waals surface area (Å²) in [4.78, 5) is 24.4. The molecule has 0 aliphatic rings. The molecule has 0 bridgehead atoms. The molecule has 3 aromatic carbocycles. The molecular weight excluding hydrogens is 368 g/mol. The molecule has 29 heavy (non-hydrogen) atoms. The van der Waals surface area contributed by atoms with Crippen LogP contribution >= 0.6 is 0 Å². The van der Waals surface area contributed by atoms with Crippen molar-refractivity contribution in [3.63, 3.8) is 0 Å². The molecule has 0 fully saturated rings. The number of ether oxygens (including phenoxy) is 2. The van der Waals surface area contributed by atoms with Gasteiger partial charge in [0.2, 0.25) is 0 Å². The van der Waals surface area contributed by atoms with E-state index in [-0.39, 0.29) is 12.7 Å². The predicted molar refractivity (Wildman–Crippen MR) is 111 cm³/mol. The number of carbonyl (C=O) groups is 1. The monoisotopic (exact) mass is 388 g/mol. The Hall–Kier alpha value is -3.60. The second-order valence-corrected chi connectivity index (χ2v) is 7.02. The van der Waals surface area contributed by atoms with E-state index in [0.29, 0.717) is 22.5 Å². The summed E-state index contributed by atoms with van der Waals surface area (Å²) in [7, 11) is 0. The molecule has 5 heteroatoms. The normalized spacial score (nSPS) is 11.1. The summed E-state index contributed by atoms with van der Waals surface area (Å²) in [6.07, 6.45) is 0.0562. The van der Waals surface area contributed by atoms with Crippen LogP contribution in [0.4, 0.5) is 0 Å². The first-order chi connectivity index (χ1) is 14.0. The molecule has 0 N–H and O–H groups in total. The van der Waals surface area contributed by atoms with Crippen molar-refractivity contribution in [2.24, 2.45) is 0 Å². The summed E-state index contributed by atoms with van der Waals surface area (Å²) in [5, 5.41) is 2.73. The van der Waals surface area contributed by atoms with Crippen LogP contribution in [0.3, 0.4) is 0 Å². The third-order valence-electron chi connectivity index (χ3n) is 4.54. The molecule has 1 aromatic heterocycles. The Morgan fingerprint density at radius 2 is 1.76 bits per heavy atom. The summed E-state index contributed by atoms with van der Waals surface area (Å²) in [6, 6.07) is 19.6. The van der Waals surface area contributed by atoms with Crippen LogP contribution < -0.4 is 10.4 Å². The molecule has 4 rings (SSSR count). The Labute approximate surface area is 167 Å². The second kappa shape index (κ2) is 7.80. The van der Waals surface area contributed by atoms with Gasteiger partial charge >= 0.3 is 11.6 Å². The molecule has 0 aliphatic carbocycles. The molecule has 1 heterocycles. The van der Waals surface area contributed by atoms with Gasteiger partial charge in [0.25, 0.3) is 0 Å². The van der Waals surface area contributed by atoms with Crippen molar-refractivity contribution in [3.05, 3.63) is 88.3 Å². The van der Waals surface area contributed by atoms with Crippen molar-refractivity contribution >= 4 is 27.7 Å². The standard InChI is InChI=1S/C24H20O5/c1-15(2)28-19-10-7-17(8-11-19)24(26)27-14-18-13-22(25)29-21-12-9-16-5-3-4-6-20(16)23(18)21/h3-13,15H,14H2,1-2H3. The van der Waals surface area contributed by atoms with E-state index < -0.39 is 11.6 Å². The minimum absolute atomic E-state index is 0.0286. The van der Waals surface area contributed by atoms with E-state index in [0.717, 1.165) is 16.2 Å². The zero-order chi connectivity index (χ0) is 20.4. The lowest BCUT2D eigenvalue weighted by atomic mass is 10.0. The van der Waals surface area contributed by atoms with Gasteiger partial charge in [-0.3, -0.25) is 0 Å². The van der Waals surface area contributed by atoms with Gasteiger partial charge in [0.1, 0.15) is 17.9 Å². The van der Waals surface area contributed by atoms with E-state index in [1.54, 1.807) is 30.3 Å². The zero-order valence-electron chi connectivity index (χ0n) is 16.2. The van der Waals surface area contributed by atoms with Gasteiger partial charge in [0.05, 0.1) is 11.7 Å². The molecular formula is C24H20O5. The summed E-state index contributed by atoms with van der Waals surface area (Å²) < 4.78 is 16.4. The highest BCUT2D eigenvalue weighted by molar-refractivity contribution is 6.07. The first-order valence-corrected chi connectivity index (χ1v) is 9.39. The largest absolute Gasteiger partial charge is 0.491 e. The number of carbonyl (C=O) groups excluding carboxylic acids is 1. The molecule has 0 atom stereocenters. The Balaban J connectivity index is 1.62. The maximum Gasteiger partial charge on any atom is 0.338 e. The molecule has 146 valence electrons. The Morgan fingerprint density at radius 3 is 2.52 bits per heavy atom. The van der Waals surface area contributed by atoms with Crippen molar-refractivity contribution in [1.29, 1.82) is 0 Å². The van der Waals surface area contributed by atoms with E-state index >= 15 is 0 Å². The van der Waals surface area contributed by atoms with Gasteiger partial charge in [0.15, 0.2) is 0 Å². The van der Waals surface area contributed by atoms with E-state index in [4.69, 9.17) is 13.9 Å². The highest BCUT2D eigenvalue weighted by Crippen LogP contribution is 2.28. The van der Waals surface area contributed by atoms with Crippen LogP contribution in [0.15, 0.2) is 75.9 Å². The quantitative estimate of drug-likeness (QED) is 0.271. The van der Waals surface area contributed by atoms with E-state index in [1.807, 2.05) is 44.2 Å². The summed E-state index contributed by atoms with van der Waals surface area (Å²) in [6.45, 7) is 3.85. The number of esters is 1. The number of hydrogen-bond donors (Lipinski definition) is 0. The molecule has 0 saturated heterocycles. The molecule has 0 saturated carbocycles. The molecule has 0 unspecified atom stereocenters. The summed E-state index contributed by atoms with van der Waals surface area (Å²) in [5.41, 5.74) is 1.02. The van der Waals surface area contributed by atoms with Crippen molar-refractivity contribution in [2.45, 2.75) is 26.6 Å². The number of fused-ring (bicyclic) bond motifs is 3. The highest BCUT2D eigenvalue weighted by Gasteiger charge is 2.13. The molecule has 0 aliphatic heterocycles. The lowest BCUT2D eigenvalue weighted by molar-refractivity contribution is 0.0474. The third kappa shape index (κ3) is 3.99. The molecule has 0 spiro atoms. The lowest BCUT2D eigenvalue weighted by Gasteiger charge is -2.11. The van der Waals surface area contributed by atoms with Crippen LogP contribution in [0, 0.1) is 0 Å². The topological polar surface area (TPSA) is 65.7 Å². The van der Waals surface area contributed by atoms with Crippen LogP contribution in [0.25, 0.3) is 21.7 Å². The van der Waals surface area contributed by atoms with Crippen LogP contribution in [0.5, 0.6) is 5.75 Å². The third-order valence-corrected chi connectivity index (χ3v) is 4.54. The highest BCUT2D eigenvalue weighted by atomic mass is 16.5. The number of hydrogen-bond acceptors (Lipinski definition) is 5. The minimum atomic E-state index is -0.478. The maximum atomic E-state index is 12.5. The number of rotatable bonds is 5. The molecule has 5 nitrogen and oxygen atoms in total. The maximum absolute atomic E-state index is 12.5. The average molecular weight is 388 g/mol. The lowest BCUT2D eigenvalue weighted by Crippen LogP contribution is -2.09. The predicted octanol–water partition coefficient (Wildman–Crippen LogP) is 5.09. The van der Waals surface area contributed by atoms with Gasteiger partial charge in [-0.05, 0) is 55.0 Å². The Morgan fingerprint density at radius 1 is 1.00 bits per heavy atom. The Bertz CT molecular complexity index is 1240. The van der Waals surface area contributed by atoms with Crippen LogP contribution in [0.2, 0.25) is 0 Å². The number of benzene rings is 3.